The summed E-state index contributed by atoms with van der Waals surface area (Å²) >= 11 is 0. The minimum absolute atomic E-state index is 0.273. The molecule has 22 heavy (non-hydrogen) atoms. The monoisotopic (exact) mass is 306 g/mol. The highest BCUT2D eigenvalue weighted by Crippen LogP contribution is 2.21. The van der Waals surface area contributed by atoms with Gasteiger partial charge in [0, 0.05) is 19.5 Å². The first kappa shape index (κ1) is 18.7. The zero-order valence-corrected chi connectivity index (χ0v) is 14.1. The van der Waals surface area contributed by atoms with E-state index < -0.39 is 5.97 Å². The summed E-state index contributed by atoms with van der Waals surface area (Å²) < 4.78 is 0. The van der Waals surface area contributed by atoms with Crippen LogP contribution >= 0.6 is 0 Å². The van der Waals surface area contributed by atoms with E-state index in [-0.39, 0.29) is 5.41 Å². The zero-order valence-electron chi connectivity index (χ0n) is 14.1. The number of fused-ring (bicyclic) bond motifs is 1. The molecule has 1 heterocycles. The second-order valence-electron chi connectivity index (χ2n) is 7.04. The molecule has 0 saturated heterocycles. The molecule has 1 aliphatic rings. The van der Waals surface area contributed by atoms with Crippen LogP contribution in [0.15, 0.2) is 18.2 Å². The van der Waals surface area contributed by atoms with E-state index in [1.165, 1.54) is 16.7 Å². The number of carboxylic acid groups (broad SMARTS) is 1. The second kappa shape index (κ2) is 8.91. The molecule has 0 aromatic heterocycles. The summed E-state index contributed by atoms with van der Waals surface area (Å²) in [7, 11) is 0. The predicted octanol–water partition coefficient (Wildman–Crippen LogP) is 3.08. The molecular weight excluding hydrogens is 276 g/mol. The Hall–Kier alpha value is -1.39. The third-order valence-corrected chi connectivity index (χ3v) is 3.71. The molecule has 0 amide bonds. The highest BCUT2D eigenvalue weighted by Gasteiger charge is 2.10. The van der Waals surface area contributed by atoms with Gasteiger partial charge >= 0.3 is 5.97 Å². The number of nitrogens with one attached hydrogen (secondary N) is 1. The molecule has 0 fully saturated rings. The van der Waals surface area contributed by atoms with Gasteiger partial charge in [0.2, 0.25) is 0 Å². The van der Waals surface area contributed by atoms with Crippen molar-refractivity contribution in [3.05, 3.63) is 34.9 Å². The summed E-state index contributed by atoms with van der Waals surface area (Å²) in [6, 6.07) is 6.53. The molecule has 4 heteroatoms. The Morgan fingerprint density at radius 3 is 2.64 bits per heavy atom. The predicted molar refractivity (Wildman–Crippen MR) is 90.7 cm³/mol. The maximum Gasteiger partial charge on any atom is 0.303 e. The van der Waals surface area contributed by atoms with Crippen LogP contribution in [0.25, 0.3) is 0 Å². The summed E-state index contributed by atoms with van der Waals surface area (Å²) in [5, 5.41) is 11.7. The molecule has 0 spiro atoms. The summed E-state index contributed by atoms with van der Waals surface area (Å²) in [6.45, 7) is 9.13. The van der Waals surface area contributed by atoms with E-state index in [2.05, 4.69) is 44.3 Å². The fraction of sp³-hybridized carbons (Fsp3) is 0.611. The van der Waals surface area contributed by atoms with E-state index in [9.17, 15) is 4.79 Å². The first-order valence-corrected chi connectivity index (χ1v) is 8.05. The molecule has 1 aliphatic heterocycles. The third kappa shape index (κ3) is 7.57. The fourth-order valence-corrected chi connectivity index (χ4v) is 2.43. The Bertz CT molecular complexity index is 478. The molecule has 0 bridgehead atoms. The van der Waals surface area contributed by atoms with Crippen molar-refractivity contribution in [2.75, 3.05) is 6.54 Å². The molecule has 0 aliphatic carbocycles. The first-order chi connectivity index (χ1) is 10.3. The van der Waals surface area contributed by atoms with Gasteiger partial charge in [-0.25, -0.2) is 0 Å². The van der Waals surface area contributed by atoms with Crippen LogP contribution in [0.2, 0.25) is 0 Å². The van der Waals surface area contributed by atoms with Crippen LogP contribution in [0.5, 0.6) is 0 Å². The lowest BCUT2D eigenvalue weighted by molar-refractivity contribution is -0.137. The second-order valence-corrected chi connectivity index (χ2v) is 7.04. The minimum atomic E-state index is -0.691. The summed E-state index contributed by atoms with van der Waals surface area (Å²) in [5.74, 6) is -0.691. The van der Waals surface area contributed by atoms with Gasteiger partial charge in [0.15, 0.2) is 0 Å². The van der Waals surface area contributed by atoms with Crippen LogP contribution < -0.4 is 11.1 Å². The molecule has 2 rings (SSSR count). The lowest BCUT2D eigenvalue weighted by atomic mass is 9.90. The van der Waals surface area contributed by atoms with Gasteiger partial charge in [-0.05, 0) is 47.9 Å². The molecule has 0 saturated carbocycles. The number of hydrogen-bond acceptors (Lipinski definition) is 3. The van der Waals surface area contributed by atoms with E-state index in [0.29, 0.717) is 13.0 Å². The lowest BCUT2D eigenvalue weighted by Crippen LogP contribution is -2.23. The highest BCUT2D eigenvalue weighted by atomic mass is 16.4. The van der Waals surface area contributed by atoms with E-state index in [0.717, 1.165) is 32.4 Å². The van der Waals surface area contributed by atoms with E-state index >= 15 is 0 Å². The molecule has 0 radical (unpaired) electrons. The van der Waals surface area contributed by atoms with Gasteiger partial charge < -0.3 is 16.2 Å². The van der Waals surface area contributed by atoms with Gasteiger partial charge in [-0.3, -0.25) is 4.79 Å². The SMILES string of the molecule is CC(C)(C)CCCC(=O)O.NCc1ccc2c(c1)CCNC2. The summed E-state index contributed by atoms with van der Waals surface area (Å²) in [5.41, 5.74) is 9.98. The van der Waals surface area contributed by atoms with Crippen molar-refractivity contribution >= 4 is 5.97 Å². The van der Waals surface area contributed by atoms with Gasteiger partial charge in [-0.1, -0.05) is 39.0 Å². The van der Waals surface area contributed by atoms with Crippen LogP contribution in [-0.2, 0) is 24.3 Å². The Labute approximate surface area is 134 Å². The fourth-order valence-electron chi connectivity index (χ4n) is 2.43. The number of carboxylic acids is 1. The maximum atomic E-state index is 10.1. The highest BCUT2D eigenvalue weighted by molar-refractivity contribution is 5.66. The number of carbonyl (C=O) groups is 1. The van der Waals surface area contributed by atoms with Gasteiger partial charge in [0.1, 0.15) is 0 Å². The lowest BCUT2D eigenvalue weighted by Gasteiger charge is -2.17. The van der Waals surface area contributed by atoms with Crippen LogP contribution in [0.3, 0.4) is 0 Å². The summed E-state index contributed by atoms with van der Waals surface area (Å²) in [6.07, 6.45) is 3.22. The standard InChI is InChI=1S/C10H14N2.C8H16O2/c11-6-8-1-2-10-7-12-4-3-9(10)5-8;1-8(2,3)6-4-5-7(9)10/h1-2,5,12H,3-4,6-7,11H2;4-6H2,1-3H3,(H,9,10). The normalized spacial score (nSPS) is 13.8. The minimum Gasteiger partial charge on any atom is -0.481 e. The molecule has 4 nitrogen and oxygen atoms in total. The van der Waals surface area contributed by atoms with Crippen LogP contribution in [-0.4, -0.2) is 17.6 Å². The molecule has 124 valence electrons. The number of aliphatic carboxylic acids is 1. The van der Waals surface area contributed by atoms with E-state index in [1.54, 1.807) is 0 Å². The van der Waals surface area contributed by atoms with Gasteiger partial charge in [0.25, 0.3) is 0 Å². The number of hydrogen-bond donors (Lipinski definition) is 3. The van der Waals surface area contributed by atoms with Crippen molar-refractivity contribution in [2.45, 2.75) is 59.5 Å². The van der Waals surface area contributed by atoms with Crippen molar-refractivity contribution in [3.63, 3.8) is 0 Å². The van der Waals surface area contributed by atoms with Crippen molar-refractivity contribution in [1.82, 2.24) is 5.32 Å². The smallest absolute Gasteiger partial charge is 0.303 e. The van der Waals surface area contributed by atoms with E-state index in [1.807, 2.05) is 0 Å². The van der Waals surface area contributed by atoms with Crippen molar-refractivity contribution in [1.29, 1.82) is 0 Å². The largest absolute Gasteiger partial charge is 0.481 e. The number of nitrogens with two attached hydrogens (primary N) is 1. The van der Waals surface area contributed by atoms with Crippen molar-refractivity contribution in [3.8, 4) is 0 Å². The third-order valence-electron chi connectivity index (χ3n) is 3.71. The quantitative estimate of drug-likeness (QED) is 0.799. The molecular formula is C18H30N2O2. The Morgan fingerprint density at radius 1 is 1.32 bits per heavy atom. The van der Waals surface area contributed by atoms with Crippen molar-refractivity contribution < 1.29 is 9.90 Å². The molecule has 1 aromatic rings. The number of rotatable bonds is 4. The topological polar surface area (TPSA) is 75.3 Å². The zero-order chi connectivity index (χ0) is 16.6. The van der Waals surface area contributed by atoms with Crippen LogP contribution in [0.4, 0.5) is 0 Å². The van der Waals surface area contributed by atoms with Crippen LogP contribution in [0.1, 0.15) is 56.7 Å². The maximum absolute atomic E-state index is 10.1. The molecule has 0 atom stereocenters. The average molecular weight is 306 g/mol. The average Bonchev–Trinajstić information content (AvgIpc) is 2.45. The molecule has 4 N–H and O–H groups in total. The Kier molecular flexibility index (Phi) is 7.56. The van der Waals surface area contributed by atoms with Gasteiger partial charge in [-0.2, -0.15) is 0 Å². The summed E-state index contributed by atoms with van der Waals surface area (Å²) in [4.78, 5) is 10.1. The van der Waals surface area contributed by atoms with Gasteiger partial charge in [0.05, 0.1) is 0 Å². The van der Waals surface area contributed by atoms with E-state index in [4.69, 9.17) is 10.8 Å². The van der Waals surface area contributed by atoms with Crippen LogP contribution in [0, 0.1) is 5.41 Å². The Morgan fingerprint density at radius 2 is 2.05 bits per heavy atom. The molecule has 0 unspecified atom stereocenters. The number of benzene rings is 1. The van der Waals surface area contributed by atoms with Crippen molar-refractivity contribution in [2.24, 2.45) is 11.1 Å². The first-order valence-electron chi connectivity index (χ1n) is 8.05. The Balaban J connectivity index is 0.000000225. The molecule has 1 aromatic carbocycles. The van der Waals surface area contributed by atoms with Gasteiger partial charge in [-0.15, -0.1) is 0 Å².